The number of esters is 1. The van der Waals surface area contributed by atoms with Crippen LogP contribution in [0, 0.1) is 16.0 Å². The van der Waals surface area contributed by atoms with Crippen LogP contribution in [0.15, 0.2) is 48.5 Å². The van der Waals surface area contributed by atoms with Crippen LogP contribution in [0.4, 0.5) is 17.1 Å². The number of anilines is 2. The zero-order chi connectivity index (χ0) is 22.4. The SMILES string of the molecule is CCOc1ccccc1NC(=O)COC(=O)[C@H]1CC(=O)N(c2cccc([N+](=O)[O-])c2)C1. The van der Waals surface area contributed by atoms with Gasteiger partial charge in [-0.2, -0.15) is 0 Å². The van der Waals surface area contributed by atoms with E-state index < -0.39 is 29.3 Å². The Morgan fingerprint density at radius 1 is 1.23 bits per heavy atom. The number of nitro benzene ring substituents is 1. The van der Waals surface area contributed by atoms with Gasteiger partial charge in [0.05, 0.1) is 28.8 Å². The molecule has 1 saturated heterocycles. The first-order chi connectivity index (χ1) is 14.9. The molecule has 1 N–H and O–H groups in total. The molecule has 0 saturated carbocycles. The van der Waals surface area contributed by atoms with Crippen LogP contribution in [0.2, 0.25) is 0 Å². The number of carbonyl (C=O) groups excluding carboxylic acids is 3. The molecule has 3 rings (SSSR count). The van der Waals surface area contributed by atoms with E-state index in [0.717, 1.165) is 0 Å². The Labute approximate surface area is 177 Å². The van der Waals surface area contributed by atoms with Crippen molar-refractivity contribution in [2.24, 2.45) is 5.92 Å². The van der Waals surface area contributed by atoms with E-state index in [2.05, 4.69) is 5.32 Å². The summed E-state index contributed by atoms with van der Waals surface area (Å²) < 4.78 is 10.5. The van der Waals surface area contributed by atoms with Gasteiger partial charge in [0.15, 0.2) is 6.61 Å². The second kappa shape index (κ2) is 9.70. The first kappa shape index (κ1) is 21.8. The number of nitrogens with zero attached hydrogens (tertiary/aromatic N) is 2. The number of para-hydroxylation sites is 2. The fraction of sp³-hybridized carbons (Fsp3) is 0.286. The molecule has 0 spiro atoms. The molecule has 1 heterocycles. The van der Waals surface area contributed by atoms with E-state index in [1.807, 2.05) is 6.92 Å². The number of non-ortho nitro benzene ring substituents is 1. The minimum atomic E-state index is -0.768. The smallest absolute Gasteiger partial charge is 0.311 e. The highest BCUT2D eigenvalue weighted by Gasteiger charge is 2.36. The number of ether oxygens (including phenoxy) is 2. The van der Waals surface area contributed by atoms with Crippen LogP contribution in [0.5, 0.6) is 5.75 Å². The molecule has 0 radical (unpaired) electrons. The molecule has 162 valence electrons. The number of amides is 2. The van der Waals surface area contributed by atoms with Crippen molar-refractivity contribution in [3.8, 4) is 5.75 Å². The van der Waals surface area contributed by atoms with Gasteiger partial charge < -0.3 is 19.7 Å². The lowest BCUT2D eigenvalue weighted by Gasteiger charge is -2.16. The third-order valence-corrected chi connectivity index (χ3v) is 4.62. The summed E-state index contributed by atoms with van der Waals surface area (Å²) in [6, 6.07) is 12.5. The molecule has 0 aromatic heterocycles. The third kappa shape index (κ3) is 5.35. The maximum absolute atomic E-state index is 12.4. The highest BCUT2D eigenvalue weighted by atomic mass is 16.6. The van der Waals surface area contributed by atoms with E-state index >= 15 is 0 Å². The number of benzene rings is 2. The summed E-state index contributed by atoms with van der Waals surface area (Å²) in [6.07, 6.45) is -0.101. The van der Waals surface area contributed by atoms with Gasteiger partial charge in [0, 0.05) is 25.1 Å². The Bertz CT molecular complexity index is 1010. The van der Waals surface area contributed by atoms with Gasteiger partial charge in [0.1, 0.15) is 5.75 Å². The van der Waals surface area contributed by atoms with Gasteiger partial charge in [-0.3, -0.25) is 24.5 Å². The van der Waals surface area contributed by atoms with E-state index in [1.165, 1.54) is 23.1 Å². The third-order valence-electron chi connectivity index (χ3n) is 4.62. The molecule has 0 unspecified atom stereocenters. The maximum atomic E-state index is 12.4. The van der Waals surface area contributed by atoms with E-state index in [1.54, 1.807) is 30.3 Å². The highest BCUT2D eigenvalue weighted by molar-refractivity contribution is 6.00. The van der Waals surface area contributed by atoms with E-state index in [-0.39, 0.29) is 24.6 Å². The standard InChI is InChI=1S/C21H21N3O7/c1-2-30-18-9-4-3-8-17(18)22-19(25)13-31-21(27)14-10-20(26)23(12-14)15-6-5-7-16(11-15)24(28)29/h3-9,11,14H,2,10,12-13H2,1H3,(H,22,25)/t14-/m0/s1. The van der Waals surface area contributed by atoms with E-state index in [4.69, 9.17) is 9.47 Å². The largest absolute Gasteiger partial charge is 0.492 e. The van der Waals surface area contributed by atoms with Crippen LogP contribution >= 0.6 is 0 Å². The van der Waals surface area contributed by atoms with Crippen molar-refractivity contribution >= 4 is 34.8 Å². The Balaban J connectivity index is 1.56. The van der Waals surface area contributed by atoms with Gasteiger partial charge in [0.25, 0.3) is 11.6 Å². The maximum Gasteiger partial charge on any atom is 0.311 e. The fourth-order valence-corrected chi connectivity index (χ4v) is 3.18. The minimum Gasteiger partial charge on any atom is -0.492 e. The lowest BCUT2D eigenvalue weighted by Crippen LogP contribution is -2.28. The number of nitrogens with one attached hydrogen (secondary N) is 1. The lowest BCUT2D eigenvalue weighted by atomic mass is 10.1. The molecule has 1 fully saturated rings. The molecule has 10 heteroatoms. The first-order valence-corrected chi connectivity index (χ1v) is 9.62. The number of hydrogen-bond donors (Lipinski definition) is 1. The van der Waals surface area contributed by atoms with Crippen molar-refractivity contribution in [1.29, 1.82) is 0 Å². The molecule has 0 bridgehead atoms. The molecular weight excluding hydrogens is 406 g/mol. The summed E-state index contributed by atoms with van der Waals surface area (Å²) in [4.78, 5) is 48.5. The molecule has 31 heavy (non-hydrogen) atoms. The van der Waals surface area contributed by atoms with E-state index in [9.17, 15) is 24.5 Å². The zero-order valence-electron chi connectivity index (χ0n) is 16.8. The zero-order valence-corrected chi connectivity index (χ0v) is 16.8. The Hall–Kier alpha value is -3.95. The fourth-order valence-electron chi connectivity index (χ4n) is 3.18. The highest BCUT2D eigenvalue weighted by Crippen LogP contribution is 2.28. The van der Waals surface area contributed by atoms with Crippen LogP contribution in [-0.4, -0.2) is 42.5 Å². The number of rotatable bonds is 8. The lowest BCUT2D eigenvalue weighted by molar-refractivity contribution is -0.384. The van der Waals surface area contributed by atoms with Crippen molar-refractivity contribution in [2.45, 2.75) is 13.3 Å². The second-order valence-electron chi connectivity index (χ2n) is 6.77. The van der Waals surface area contributed by atoms with Crippen LogP contribution in [-0.2, 0) is 19.1 Å². The van der Waals surface area contributed by atoms with Gasteiger partial charge in [-0.05, 0) is 25.1 Å². The monoisotopic (exact) mass is 427 g/mol. The molecule has 2 aromatic carbocycles. The molecule has 1 aliphatic heterocycles. The summed E-state index contributed by atoms with van der Waals surface area (Å²) in [5, 5.41) is 13.6. The normalized spacial score (nSPS) is 15.5. The van der Waals surface area contributed by atoms with Crippen LogP contribution in [0.1, 0.15) is 13.3 Å². The van der Waals surface area contributed by atoms with Crippen molar-refractivity contribution in [3.05, 3.63) is 58.6 Å². The number of nitro groups is 1. The quantitative estimate of drug-likeness (QED) is 0.389. The Kier molecular flexibility index (Phi) is 6.81. The summed E-state index contributed by atoms with van der Waals surface area (Å²) in [6.45, 7) is 1.76. The molecule has 1 aliphatic rings. The predicted molar refractivity (Wildman–Crippen MR) is 111 cm³/mol. The summed E-state index contributed by atoms with van der Waals surface area (Å²) >= 11 is 0. The van der Waals surface area contributed by atoms with Crippen molar-refractivity contribution in [2.75, 3.05) is 30.0 Å². The van der Waals surface area contributed by atoms with Crippen molar-refractivity contribution in [3.63, 3.8) is 0 Å². The van der Waals surface area contributed by atoms with Gasteiger partial charge in [-0.25, -0.2) is 0 Å². The Morgan fingerprint density at radius 3 is 2.74 bits per heavy atom. The summed E-state index contributed by atoms with van der Waals surface area (Å²) in [7, 11) is 0. The topological polar surface area (TPSA) is 128 Å². The predicted octanol–water partition coefficient (Wildman–Crippen LogP) is 2.53. The van der Waals surface area contributed by atoms with Crippen LogP contribution in [0.3, 0.4) is 0 Å². The number of hydrogen-bond acceptors (Lipinski definition) is 7. The molecule has 10 nitrogen and oxygen atoms in total. The van der Waals surface area contributed by atoms with Crippen LogP contribution < -0.4 is 15.0 Å². The average Bonchev–Trinajstić information content (AvgIpc) is 3.15. The minimum absolute atomic E-state index is 0.0215. The van der Waals surface area contributed by atoms with Gasteiger partial charge >= 0.3 is 5.97 Å². The Morgan fingerprint density at radius 2 is 2.00 bits per heavy atom. The molecular formula is C21H21N3O7. The average molecular weight is 427 g/mol. The first-order valence-electron chi connectivity index (χ1n) is 9.62. The van der Waals surface area contributed by atoms with Crippen LogP contribution in [0.25, 0.3) is 0 Å². The summed E-state index contributed by atoms with van der Waals surface area (Å²) in [5.74, 6) is -1.85. The molecule has 1 atom stereocenters. The van der Waals surface area contributed by atoms with Gasteiger partial charge in [0.2, 0.25) is 5.91 Å². The summed E-state index contributed by atoms with van der Waals surface area (Å²) in [5.41, 5.74) is 0.637. The van der Waals surface area contributed by atoms with E-state index in [0.29, 0.717) is 23.7 Å². The molecule has 2 aromatic rings. The van der Waals surface area contributed by atoms with Crippen molar-refractivity contribution < 1.29 is 28.8 Å². The second-order valence-corrected chi connectivity index (χ2v) is 6.77. The van der Waals surface area contributed by atoms with Gasteiger partial charge in [-0.1, -0.05) is 18.2 Å². The van der Waals surface area contributed by atoms with Crippen molar-refractivity contribution in [1.82, 2.24) is 0 Å². The molecule has 0 aliphatic carbocycles. The van der Waals surface area contributed by atoms with Gasteiger partial charge in [-0.15, -0.1) is 0 Å². The molecule has 2 amide bonds. The number of carbonyl (C=O) groups is 3.